The minimum Gasteiger partial charge on any atom is -0.494 e. The molecule has 0 amide bonds. The van der Waals surface area contributed by atoms with Crippen molar-refractivity contribution in [1.82, 2.24) is 0 Å². The number of hydrogen-bond acceptors (Lipinski definition) is 4. The summed E-state index contributed by atoms with van der Waals surface area (Å²) in [5.41, 5.74) is 1.90. The SMILES string of the molecule is CCOc1ccc(F)c(N2CCC(Oc3ccc(N4CCCC4)cc3)C(C)C2C)c1. The minimum absolute atomic E-state index is 0.118. The fourth-order valence-corrected chi connectivity index (χ4v) is 4.69. The van der Waals surface area contributed by atoms with Crippen molar-refractivity contribution in [3.8, 4) is 11.5 Å². The Morgan fingerprint density at radius 3 is 2.37 bits per heavy atom. The Morgan fingerprint density at radius 1 is 0.967 bits per heavy atom. The number of halogens is 1. The van der Waals surface area contributed by atoms with Crippen LogP contribution in [0.4, 0.5) is 15.8 Å². The van der Waals surface area contributed by atoms with Crippen molar-refractivity contribution in [3.05, 3.63) is 48.3 Å². The van der Waals surface area contributed by atoms with E-state index in [4.69, 9.17) is 9.47 Å². The number of ether oxygens (including phenoxy) is 2. The van der Waals surface area contributed by atoms with Crippen LogP contribution in [0.25, 0.3) is 0 Å². The maximum Gasteiger partial charge on any atom is 0.146 e. The molecule has 3 unspecified atom stereocenters. The van der Waals surface area contributed by atoms with Gasteiger partial charge in [-0.3, -0.25) is 0 Å². The lowest BCUT2D eigenvalue weighted by Gasteiger charge is -2.44. The van der Waals surface area contributed by atoms with Crippen molar-refractivity contribution >= 4 is 11.4 Å². The summed E-state index contributed by atoms with van der Waals surface area (Å²) >= 11 is 0. The highest BCUT2D eigenvalue weighted by molar-refractivity contribution is 5.53. The van der Waals surface area contributed by atoms with Gasteiger partial charge in [0.05, 0.1) is 12.3 Å². The van der Waals surface area contributed by atoms with Gasteiger partial charge < -0.3 is 19.3 Å². The van der Waals surface area contributed by atoms with Gasteiger partial charge in [0.1, 0.15) is 23.4 Å². The number of nitrogens with zero attached hydrogens (tertiary/aromatic N) is 2. The Hall–Kier alpha value is -2.43. The van der Waals surface area contributed by atoms with Gasteiger partial charge in [-0.15, -0.1) is 0 Å². The second-order valence-electron chi connectivity index (χ2n) is 8.47. The molecule has 2 saturated heterocycles. The molecule has 30 heavy (non-hydrogen) atoms. The van der Waals surface area contributed by atoms with Gasteiger partial charge in [-0.05, 0) is 63.1 Å². The van der Waals surface area contributed by atoms with E-state index in [2.05, 4.69) is 47.9 Å². The van der Waals surface area contributed by atoms with Crippen molar-refractivity contribution in [1.29, 1.82) is 0 Å². The number of piperidine rings is 1. The number of benzene rings is 2. The lowest BCUT2D eigenvalue weighted by atomic mass is 9.88. The molecule has 2 aromatic rings. The third-order valence-corrected chi connectivity index (χ3v) is 6.63. The predicted octanol–water partition coefficient (Wildman–Crippen LogP) is 5.51. The van der Waals surface area contributed by atoms with E-state index < -0.39 is 0 Å². The van der Waals surface area contributed by atoms with Crippen LogP contribution in [0.3, 0.4) is 0 Å². The highest BCUT2D eigenvalue weighted by Crippen LogP contribution is 2.35. The molecule has 0 N–H and O–H groups in total. The highest BCUT2D eigenvalue weighted by Gasteiger charge is 2.35. The van der Waals surface area contributed by atoms with Gasteiger partial charge >= 0.3 is 0 Å². The monoisotopic (exact) mass is 412 g/mol. The van der Waals surface area contributed by atoms with Gasteiger partial charge in [0.2, 0.25) is 0 Å². The van der Waals surface area contributed by atoms with E-state index in [-0.39, 0.29) is 23.9 Å². The predicted molar refractivity (Wildman–Crippen MR) is 120 cm³/mol. The maximum absolute atomic E-state index is 14.6. The molecular weight excluding hydrogens is 379 g/mol. The Kier molecular flexibility index (Phi) is 6.35. The molecule has 0 saturated carbocycles. The molecule has 162 valence electrons. The van der Waals surface area contributed by atoms with Crippen molar-refractivity contribution in [3.63, 3.8) is 0 Å². The first kappa shape index (κ1) is 20.8. The lowest BCUT2D eigenvalue weighted by Crippen LogP contribution is -2.51. The number of anilines is 2. The van der Waals surface area contributed by atoms with Crippen molar-refractivity contribution in [2.24, 2.45) is 5.92 Å². The van der Waals surface area contributed by atoms with Crippen LogP contribution in [0.1, 0.15) is 40.0 Å². The highest BCUT2D eigenvalue weighted by atomic mass is 19.1. The van der Waals surface area contributed by atoms with Gasteiger partial charge in [-0.25, -0.2) is 4.39 Å². The zero-order chi connectivity index (χ0) is 21.1. The molecule has 2 aliphatic heterocycles. The zero-order valence-corrected chi connectivity index (χ0v) is 18.3. The van der Waals surface area contributed by atoms with E-state index >= 15 is 0 Å². The fourth-order valence-electron chi connectivity index (χ4n) is 4.69. The molecule has 0 spiro atoms. The molecule has 2 aliphatic rings. The molecule has 4 nitrogen and oxygen atoms in total. The standard InChI is InChI=1S/C25H33FN2O2/c1-4-29-22-11-12-23(26)24(17-22)28-16-13-25(18(2)19(28)3)30-21-9-7-20(8-10-21)27-14-5-6-15-27/h7-12,17-19,25H,4-6,13-16H2,1-3H3. The second-order valence-corrected chi connectivity index (χ2v) is 8.47. The Balaban J connectivity index is 1.42. The van der Waals surface area contributed by atoms with Crippen LogP contribution in [-0.2, 0) is 0 Å². The van der Waals surface area contributed by atoms with E-state index in [0.717, 1.165) is 31.8 Å². The van der Waals surface area contributed by atoms with Gasteiger partial charge in [0, 0.05) is 49.8 Å². The molecule has 4 rings (SSSR count). The first-order valence-electron chi connectivity index (χ1n) is 11.3. The molecule has 2 fully saturated rings. The zero-order valence-electron chi connectivity index (χ0n) is 18.3. The van der Waals surface area contributed by atoms with Gasteiger partial charge in [-0.2, -0.15) is 0 Å². The quantitative estimate of drug-likeness (QED) is 0.625. The fraction of sp³-hybridized carbons (Fsp3) is 0.520. The maximum atomic E-state index is 14.6. The average Bonchev–Trinajstić information content (AvgIpc) is 3.29. The molecule has 3 atom stereocenters. The van der Waals surface area contributed by atoms with Crippen LogP contribution in [0, 0.1) is 11.7 Å². The smallest absolute Gasteiger partial charge is 0.146 e. The first-order valence-corrected chi connectivity index (χ1v) is 11.3. The van der Waals surface area contributed by atoms with Crippen molar-refractivity contribution in [2.45, 2.75) is 52.2 Å². The topological polar surface area (TPSA) is 24.9 Å². The Bertz CT molecular complexity index is 836. The van der Waals surface area contributed by atoms with Crippen LogP contribution in [0.5, 0.6) is 11.5 Å². The summed E-state index contributed by atoms with van der Waals surface area (Å²) in [6.45, 7) is 9.92. The van der Waals surface area contributed by atoms with E-state index in [0.29, 0.717) is 18.0 Å². The Morgan fingerprint density at radius 2 is 1.67 bits per heavy atom. The summed E-state index contributed by atoms with van der Waals surface area (Å²) in [6.07, 6.45) is 3.53. The average molecular weight is 413 g/mol. The lowest BCUT2D eigenvalue weighted by molar-refractivity contribution is 0.100. The Labute approximate surface area is 179 Å². The van der Waals surface area contributed by atoms with E-state index in [1.807, 2.05) is 13.0 Å². The largest absolute Gasteiger partial charge is 0.494 e. The molecule has 0 radical (unpaired) electrons. The van der Waals surface area contributed by atoms with E-state index in [1.165, 1.54) is 24.6 Å². The number of hydrogen-bond donors (Lipinski definition) is 0. The third-order valence-electron chi connectivity index (χ3n) is 6.63. The summed E-state index contributed by atoms with van der Waals surface area (Å²) < 4.78 is 26.5. The van der Waals surface area contributed by atoms with Crippen LogP contribution in [0.2, 0.25) is 0 Å². The van der Waals surface area contributed by atoms with Crippen LogP contribution < -0.4 is 19.3 Å². The molecular formula is C25H33FN2O2. The minimum atomic E-state index is -0.200. The van der Waals surface area contributed by atoms with Crippen LogP contribution >= 0.6 is 0 Å². The summed E-state index contributed by atoms with van der Waals surface area (Å²) in [7, 11) is 0. The first-order chi connectivity index (χ1) is 14.6. The van der Waals surface area contributed by atoms with Gasteiger partial charge in [0.15, 0.2) is 0 Å². The molecule has 0 bridgehead atoms. The van der Waals surface area contributed by atoms with Crippen LogP contribution in [0.15, 0.2) is 42.5 Å². The summed E-state index contributed by atoms with van der Waals surface area (Å²) in [5, 5.41) is 0. The third kappa shape index (κ3) is 4.35. The molecule has 0 aliphatic carbocycles. The molecule has 0 aromatic heterocycles. The normalized spacial score (nSPS) is 24.2. The number of rotatable bonds is 6. The second kappa shape index (κ2) is 9.15. The molecule has 2 heterocycles. The van der Waals surface area contributed by atoms with Gasteiger partial charge in [0.25, 0.3) is 0 Å². The molecule has 5 heteroatoms. The van der Waals surface area contributed by atoms with E-state index in [1.54, 1.807) is 6.07 Å². The molecule has 2 aromatic carbocycles. The van der Waals surface area contributed by atoms with Crippen molar-refractivity contribution in [2.75, 3.05) is 36.0 Å². The summed E-state index contributed by atoms with van der Waals surface area (Å²) in [5.74, 6) is 1.70. The summed E-state index contributed by atoms with van der Waals surface area (Å²) in [6, 6.07) is 13.7. The van der Waals surface area contributed by atoms with E-state index in [9.17, 15) is 4.39 Å². The van der Waals surface area contributed by atoms with Crippen LogP contribution in [-0.4, -0.2) is 38.4 Å². The summed E-state index contributed by atoms with van der Waals surface area (Å²) in [4.78, 5) is 4.58. The van der Waals surface area contributed by atoms with Gasteiger partial charge in [-0.1, -0.05) is 6.92 Å². The van der Waals surface area contributed by atoms with Crippen molar-refractivity contribution < 1.29 is 13.9 Å².